The van der Waals surface area contributed by atoms with Crippen molar-refractivity contribution >= 4 is 0 Å². The van der Waals surface area contributed by atoms with Crippen LogP contribution in [0.3, 0.4) is 0 Å². The van der Waals surface area contributed by atoms with Gasteiger partial charge in [0.2, 0.25) is 0 Å². The molecule has 1 fully saturated rings. The minimum Gasteiger partial charge on any atom is -0.489 e. The Morgan fingerprint density at radius 1 is 1.29 bits per heavy atom. The Morgan fingerprint density at radius 2 is 2.00 bits per heavy atom. The summed E-state index contributed by atoms with van der Waals surface area (Å²) in [7, 11) is 0. The summed E-state index contributed by atoms with van der Waals surface area (Å²) in [6.07, 6.45) is 2.48. The SMILES string of the molecule is CC(C)(F)c1ccc(OC2CCCNC2)cc1. The molecule has 1 aromatic rings. The zero-order valence-electron chi connectivity index (χ0n) is 10.5. The fourth-order valence-electron chi connectivity index (χ4n) is 2.04. The number of piperidine rings is 1. The van der Waals surface area contributed by atoms with Gasteiger partial charge in [-0.3, -0.25) is 0 Å². The first-order valence-electron chi connectivity index (χ1n) is 6.22. The molecule has 1 saturated heterocycles. The van der Waals surface area contributed by atoms with E-state index >= 15 is 0 Å². The molecule has 1 N–H and O–H groups in total. The van der Waals surface area contributed by atoms with Gasteiger partial charge >= 0.3 is 0 Å². The predicted molar refractivity (Wildman–Crippen MR) is 67.1 cm³/mol. The first-order chi connectivity index (χ1) is 8.05. The molecule has 0 bridgehead atoms. The van der Waals surface area contributed by atoms with E-state index in [9.17, 15) is 4.39 Å². The average Bonchev–Trinajstić information content (AvgIpc) is 2.30. The molecule has 0 aliphatic carbocycles. The molecule has 1 unspecified atom stereocenters. The van der Waals surface area contributed by atoms with Crippen LogP contribution in [-0.2, 0) is 5.67 Å². The van der Waals surface area contributed by atoms with E-state index in [1.54, 1.807) is 26.0 Å². The zero-order chi connectivity index (χ0) is 12.3. The van der Waals surface area contributed by atoms with Gasteiger partial charge in [-0.2, -0.15) is 0 Å². The van der Waals surface area contributed by atoms with E-state index in [4.69, 9.17) is 4.74 Å². The van der Waals surface area contributed by atoms with Crippen LogP contribution in [0.4, 0.5) is 4.39 Å². The molecule has 0 saturated carbocycles. The molecule has 1 aliphatic heterocycles. The molecular formula is C14H20FNO. The maximum Gasteiger partial charge on any atom is 0.130 e. The number of hydrogen-bond donors (Lipinski definition) is 1. The third-order valence-electron chi connectivity index (χ3n) is 3.10. The summed E-state index contributed by atoms with van der Waals surface area (Å²) >= 11 is 0. The van der Waals surface area contributed by atoms with Gasteiger partial charge in [-0.1, -0.05) is 12.1 Å². The van der Waals surface area contributed by atoms with Crippen molar-refractivity contribution < 1.29 is 9.13 Å². The second-order valence-electron chi connectivity index (χ2n) is 5.08. The molecule has 0 amide bonds. The third kappa shape index (κ3) is 3.43. The van der Waals surface area contributed by atoms with Gasteiger partial charge in [0, 0.05) is 6.54 Å². The number of halogens is 1. The monoisotopic (exact) mass is 237 g/mol. The molecule has 1 aliphatic rings. The van der Waals surface area contributed by atoms with Crippen molar-refractivity contribution in [3.8, 4) is 5.75 Å². The lowest BCUT2D eigenvalue weighted by atomic mass is 10.0. The van der Waals surface area contributed by atoms with Gasteiger partial charge in [-0.25, -0.2) is 4.39 Å². The topological polar surface area (TPSA) is 21.3 Å². The van der Waals surface area contributed by atoms with Crippen molar-refractivity contribution in [1.82, 2.24) is 5.32 Å². The summed E-state index contributed by atoms with van der Waals surface area (Å²) in [5.74, 6) is 0.826. The fourth-order valence-corrected chi connectivity index (χ4v) is 2.04. The van der Waals surface area contributed by atoms with E-state index in [2.05, 4.69) is 5.32 Å². The Balaban J connectivity index is 1.98. The minimum absolute atomic E-state index is 0.244. The summed E-state index contributed by atoms with van der Waals surface area (Å²) in [6, 6.07) is 7.30. The molecule has 2 nitrogen and oxygen atoms in total. The van der Waals surface area contributed by atoms with E-state index in [1.165, 1.54) is 0 Å². The average molecular weight is 237 g/mol. The van der Waals surface area contributed by atoms with Gasteiger partial charge in [0.05, 0.1) is 0 Å². The van der Waals surface area contributed by atoms with Gasteiger partial charge < -0.3 is 10.1 Å². The van der Waals surface area contributed by atoms with Gasteiger partial charge in [-0.15, -0.1) is 0 Å². The smallest absolute Gasteiger partial charge is 0.130 e. The van der Waals surface area contributed by atoms with Crippen LogP contribution in [0.25, 0.3) is 0 Å². The van der Waals surface area contributed by atoms with Gasteiger partial charge in [0.1, 0.15) is 17.5 Å². The van der Waals surface area contributed by atoms with Gasteiger partial charge in [-0.05, 0) is 50.9 Å². The van der Waals surface area contributed by atoms with Gasteiger partial charge in [0.25, 0.3) is 0 Å². The summed E-state index contributed by atoms with van der Waals surface area (Å²) in [4.78, 5) is 0. The van der Waals surface area contributed by atoms with Crippen molar-refractivity contribution in [3.63, 3.8) is 0 Å². The Kier molecular flexibility index (Phi) is 3.67. The Morgan fingerprint density at radius 3 is 2.53 bits per heavy atom. The summed E-state index contributed by atoms with van der Waals surface area (Å²) < 4.78 is 19.5. The summed E-state index contributed by atoms with van der Waals surface area (Å²) in [5.41, 5.74) is -0.600. The van der Waals surface area contributed by atoms with Crippen LogP contribution >= 0.6 is 0 Å². The number of nitrogens with one attached hydrogen (secondary N) is 1. The Labute approximate surface area is 102 Å². The fraction of sp³-hybridized carbons (Fsp3) is 0.571. The van der Waals surface area contributed by atoms with E-state index in [-0.39, 0.29) is 6.10 Å². The molecule has 0 radical (unpaired) electrons. The van der Waals surface area contributed by atoms with Crippen LogP contribution in [0.2, 0.25) is 0 Å². The molecule has 1 atom stereocenters. The zero-order valence-corrected chi connectivity index (χ0v) is 10.5. The second-order valence-corrected chi connectivity index (χ2v) is 5.08. The van der Waals surface area contributed by atoms with Crippen molar-refractivity contribution in [1.29, 1.82) is 0 Å². The van der Waals surface area contributed by atoms with Crippen LogP contribution < -0.4 is 10.1 Å². The third-order valence-corrected chi connectivity index (χ3v) is 3.10. The molecule has 17 heavy (non-hydrogen) atoms. The van der Waals surface area contributed by atoms with Crippen LogP contribution in [-0.4, -0.2) is 19.2 Å². The predicted octanol–water partition coefficient (Wildman–Crippen LogP) is 3.02. The standard InChI is InChI=1S/C14H20FNO/c1-14(2,15)11-5-7-12(8-6-11)17-13-4-3-9-16-10-13/h5-8,13,16H,3-4,9-10H2,1-2H3. The number of hydrogen-bond acceptors (Lipinski definition) is 2. The molecule has 2 rings (SSSR count). The molecule has 0 spiro atoms. The summed E-state index contributed by atoms with van der Waals surface area (Å²) in [5, 5.41) is 3.31. The molecule has 1 heterocycles. The first-order valence-corrected chi connectivity index (χ1v) is 6.22. The van der Waals surface area contributed by atoms with Crippen LogP contribution in [0.1, 0.15) is 32.3 Å². The Hall–Kier alpha value is -1.09. The van der Waals surface area contributed by atoms with E-state index in [0.29, 0.717) is 5.56 Å². The lowest BCUT2D eigenvalue weighted by molar-refractivity contribution is 0.167. The van der Waals surface area contributed by atoms with Crippen LogP contribution in [0.15, 0.2) is 24.3 Å². The van der Waals surface area contributed by atoms with E-state index in [0.717, 1.165) is 31.7 Å². The molecule has 0 aromatic heterocycles. The van der Waals surface area contributed by atoms with Crippen LogP contribution in [0.5, 0.6) is 5.75 Å². The number of ether oxygens (including phenoxy) is 1. The highest BCUT2D eigenvalue weighted by atomic mass is 19.1. The highest BCUT2D eigenvalue weighted by molar-refractivity contribution is 5.30. The summed E-state index contributed by atoms with van der Waals surface area (Å²) in [6.45, 7) is 5.10. The molecule has 94 valence electrons. The molecule has 3 heteroatoms. The van der Waals surface area contributed by atoms with Crippen molar-refractivity contribution in [2.45, 2.75) is 38.5 Å². The second kappa shape index (κ2) is 5.05. The number of alkyl halides is 1. The Bertz CT molecular complexity index is 349. The highest BCUT2D eigenvalue weighted by Crippen LogP contribution is 2.26. The van der Waals surface area contributed by atoms with E-state index in [1.807, 2.05) is 12.1 Å². The molecular weight excluding hydrogens is 217 g/mol. The van der Waals surface area contributed by atoms with Crippen LogP contribution in [0, 0.1) is 0 Å². The quantitative estimate of drug-likeness (QED) is 0.872. The lowest BCUT2D eigenvalue weighted by Crippen LogP contribution is -2.37. The first kappa shape index (κ1) is 12.4. The highest BCUT2D eigenvalue weighted by Gasteiger charge is 2.19. The molecule has 1 aromatic carbocycles. The normalized spacial score (nSPS) is 21.2. The van der Waals surface area contributed by atoms with Gasteiger partial charge in [0.15, 0.2) is 0 Å². The minimum atomic E-state index is -1.29. The maximum absolute atomic E-state index is 13.7. The largest absolute Gasteiger partial charge is 0.489 e. The van der Waals surface area contributed by atoms with E-state index < -0.39 is 5.67 Å². The van der Waals surface area contributed by atoms with Crippen molar-refractivity contribution in [3.05, 3.63) is 29.8 Å². The maximum atomic E-state index is 13.7. The van der Waals surface area contributed by atoms with Crippen molar-refractivity contribution in [2.24, 2.45) is 0 Å². The lowest BCUT2D eigenvalue weighted by Gasteiger charge is -2.24. The van der Waals surface area contributed by atoms with Crippen molar-refractivity contribution in [2.75, 3.05) is 13.1 Å². The number of benzene rings is 1. The number of rotatable bonds is 3.